The first-order chi connectivity index (χ1) is 16.0. The molecule has 0 spiro atoms. The van der Waals surface area contributed by atoms with Gasteiger partial charge in [0.25, 0.3) is 0 Å². The highest BCUT2D eigenvalue weighted by Gasteiger charge is 2.53. The van der Waals surface area contributed by atoms with Gasteiger partial charge < -0.3 is 14.3 Å². The Balaban J connectivity index is 1.91. The van der Waals surface area contributed by atoms with Gasteiger partial charge in [0.1, 0.15) is 17.3 Å². The molecule has 2 heterocycles. The molecule has 1 N–H and O–H groups in total. The number of aryl methyl sites for hydroxylation is 2. The lowest BCUT2D eigenvalue weighted by molar-refractivity contribution is -0.132. The Hall–Kier alpha value is -2.93. The second kappa shape index (κ2) is 10.1. The van der Waals surface area contributed by atoms with Crippen LogP contribution in [0.3, 0.4) is 0 Å². The van der Waals surface area contributed by atoms with Crippen LogP contribution in [-0.4, -0.2) is 46.0 Å². The third-order valence-corrected chi connectivity index (χ3v) is 6.36. The van der Waals surface area contributed by atoms with Gasteiger partial charge in [0.2, 0.25) is 11.7 Å². The first kappa shape index (κ1) is 25.7. The normalized spacial score (nSPS) is 18.3. The van der Waals surface area contributed by atoms with Gasteiger partial charge in [0.05, 0.1) is 6.04 Å². The SMILES string of the molecule is Cc1cccc(-c2cc(C(=O)C(C)C(=O)N3C(=O)OC(C)(C)C3C(C)C)oc2CCCCO)c1. The third-order valence-electron chi connectivity index (χ3n) is 6.36. The predicted molar refractivity (Wildman–Crippen MR) is 128 cm³/mol. The van der Waals surface area contributed by atoms with Crippen molar-refractivity contribution < 1.29 is 28.6 Å². The van der Waals surface area contributed by atoms with Crippen LogP contribution in [0.4, 0.5) is 4.79 Å². The summed E-state index contributed by atoms with van der Waals surface area (Å²) in [5.74, 6) is -1.48. The predicted octanol–water partition coefficient (Wildman–Crippen LogP) is 5.17. The highest BCUT2D eigenvalue weighted by atomic mass is 16.6. The average Bonchev–Trinajstić information content (AvgIpc) is 3.29. The number of ketones is 1. The number of benzene rings is 1. The molecule has 1 aromatic heterocycles. The average molecular weight is 470 g/mol. The fourth-order valence-corrected chi connectivity index (χ4v) is 4.81. The van der Waals surface area contributed by atoms with E-state index >= 15 is 0 Å². The van der Waals surface area contributed by atoms with Crippen LogP contribution in [0.5, 0.6) is 0 Å². The molecular weight excluding hydrogens is 434 g/mol. The van der Waals surface area contributed by atoms with E-state index in [2.05, 4.69) is 0 Å². The number of carbonyl (C=O) groups excluding carboxylic acids is 3. The molecule has 1 aliphatic heterocycles. The van der Waals surface area contributed by atoms with E-state index in [9.17, 15) is 14.4 Å². The van der Waals surface area contributed by atoms with Crippen LogP contribution in [0.2, 0.25) is 0 Å². The van der Waals surface area contributed by atoms with Crippen molar-refractivity contribution in [2.45, 2.75) is 72.4 Å². The highest BCUT2D eigenvalue weighted by molar-refractivity contribution is 6.12. The van der Waals surface area contributed by atoms with E-state index in [0.29, 0.717) is 25.0 Å². The van der Waals surface area contributed by atoms with E-state index < -0.39 is 35.3 Å². The number of hydrogen-bond acceptors (Lipinski definition) is 6. The molecule has 1 aliphatic rings. The summed E-state index contributed by atoms with van der Waals surface area (Å²) in [6.07, 6.45) is 1.16. The maximum Gasteiger partial charge on any atom is 0.417 e. The van der Waals surface area contributed by atoms with Gasteiger partial charge in [0.15, 0.2) is 5.76 Å². The molecule has 1 saturated heterocycles. The monoisotopic (exact) mass is 469 g/mol. The van der Waals surface area contributed by atoms with E-state index in [1.165, 1.54) is 6.92 Å². The second-order valence-corrected chi connectivity index (χ2v) is 9.95. The summed E-state index contributed by atoms with van der Waals surface area (Å²) in [5, 5.41) is 9.15. The number of rotatable bonds is 9. The first-order valence-corrected chi connectivity index (χ1v) is 11.9. The van der Waals surface area contributed by atoms with Gasteiger partial charge in [0, 0.05) is 18.6 Å². The number of aliphatic hydroxyl groups excluding tert-OH is 1. The van der Waals surface area contributed by atoms with Gasteiger partial charge in [-0.05, 0) is 58.1 Å². The minimum absolute atomic E-state index is 0.0395. The number of aliphatic hydroxyl groups is 1. The molecule has 1 fully saturated rings. The number of carbonyl (C=O) groups is 3. The number of cyclic esters (lactones) is 1. The quantitative estimate of drug-likeness (QED) is 0.309. The van der Waals surface area contributed by atoms with Crippen molar-refractivity contribution in [2.24, 2.45) is 11.8 Å². The van der Waals surface area contributed by atoms with E-state index in [0.717, 1.165) is 21.6 Å². The molecule has 34 heavy (non-hydrogen) atoms. The number of unbranched alkanes of at least 4 members (excludes halogenated alkanes) is 1. The lowest BCUT2D eigenvalue weighted by Gasteiger charge is -2.31. The van der Waals surface area contributed by atoms with Gasteiger partial charge >= 0.3 is 6.09 Å². The van der Waals surface area contributed by atoms with Crippen molar-refractivity contribution in [1.82, 2.24) is 4.90 Å². The van der Waals surface area contributed by atoms with Crippen molar-refractivity contribution in [3.8, 4) is 11.1 Å². The van der Waals surface area contributed by atoms with E-state index in [1.807, 2.05) is 45.0 Å². The summed E-state index contributed by atoms with van der Waals surface area (Å²) in [7, 11) is 0. The summed E-state index contributed by atoms with van der Waals surface area (Å²) in [5.41, 5.74) is 1.95. The largest absolute Gasteiger partial charge is 0.457 e. The fourth-order valence-electron chi connectivity index (χ4n) is 4.81. The van der Waals surface area contributed by atoms with Gasteiger partial charge in [-0.25, -0.2) is 9.69 Å². The van der Waals surface area contributed by atoms with Gasteiger partial charge in [-0.3, -0.25) is 9.59 Å². The number of nitrogens with zero attached hydrogens (tertiary/aromatic N) is 1. The molecule has 1 aromatic carbocycles. The van der Waals surface area contributed by atoms with Crippen LogP contribution in [0.25, 0.3) is 11.1 Å². The number of ether oxygens (including phenoxy) is 1. The molecule has 7 heteroatoms. The zero-order valence-corrected chi connectivity index (χ0v) is 20.9. The molecule has 2 aromatic rings. The smallest absolute Gasteiger partial charge is 0.417 e. The maximum atomic E-state index is 13.3. The van der Waals surface area contributed by atoms with E-state index in [1.54, 1.807) is 19.9 Å². The van der Waals surface area contributed by atoms with Gasteiger partial charge in [-0.1, -0.05) is 43.7 Å². The molecule has 0 aliphatic carbocycles. The van der Waals surface area contributed by atoms with E-state index in [-0.39, 0.29) is 18.3 Å². The summed E-state index contributed by atoms with van der Waals surface area (Å²) in [6.45, 7) is 11.0. The molecule has 0 saturated carbocycles. The fraction of sp³-hybridized carbons (Fsp3) is 0.519. The molecular formula is C27H35NO6. The van der Waals surface area contributed by atoms with Crippen molar-refractivity contribution in [3.05, 3.63) is 47.4 Å². The molecule has 7 nitrogen and oxygen atoms in total. The summed E-state index contributed by atoms with van der Waals surface area (Å²) in [4.78, 5) is 40.3. The summed E-state index contributed by atoms with van der Waals surface area (Å²) in [6, 6.07) is 9.10. The minimum Gasteiger partial charge on any atom is -0.457 e. The van der Waals surface area contributed by atoms with Crippen LogP contribution in [-0.2, 0) is 16.0 Å². The lowest BCUT2D eigenvalue weighted by atomic mass is 9.88. The minimum atomic E-state index is -1.11. The highest BCUT2D eigenvalue weighted by Crippen LogP contribution is 2.36. The maximum absolute atomic E-state index is 13.3. The Bertz CT molecular complexity index is 1070. The lowest BCUT2D eigenvalue weighted by Crippen LogP contribution is -2.50. The zero-order valence-electron chi connectivity index (χ0n) is 20.9. The van der Waals surface area contributed by atoms with Crippen LogP contribution in [0, 0.1) is 18.8 Å². The molecule has 2 atom stereocenters. The third kappa shape index (κ3) is 5.09. The Morgan fingerprint density at radius 1 is 1.15 bits per heavy atom. The zero-order chi connectivity index (χ0) is 25.2. The number of furan rings is 1. The number of hydrogen-bond donors (Lipinski definition) is 1. The Kier molecular flexibility index (Phi) is 7.66. The molecule has 2 amide bonds. The Morgan fingerprint density at radius 3 is 2.47 bits per heavy atom. The topological polar surface area (TPSA) is 97.1 Å². The molecule has 2 unspecified atom stereocenters. The van der Waals surface area contributed by atoms with Crippen molar-refractivity contribution in [3.63, 3.8) is 0 Å². The molecule has 184 valence electrons. The van der Waals surface area contributed by atoms with Gasteiger partial charge in [-0.2, -0.15) is 0 Å². The first-order valence-electron chi connectivity index (χ1n) is 11.9. The number of imide groups is 1. The molecule has 0 radical (unpaired) electrons. The van der Waals surface area contributed by atoms with Crippen molar-refractivity contribution in [1.29, 1.82) is 0 Å². The van der Waals surface area contributed by atoms with Crippen LogP contribution < -0.4 is 0 Å². The van der Waals surface area contributed by atoms with Gasteiger partial charge in [-0.15, -0.1) is 0 Å². The summed E-state index contributed by atoms with van der Waals surface area (Å²) >= 11 is 0. The Labute approximate surface area is 201 Å². The molecule has 3 rings (SSSR count). The standard InChI is InChI=1S/C27H35NO6/c1-16(2)24-27(5,6)34-26(32)28(24)25(31)18(4)23(30)22-15-20(19-11-9-10-17(3)14-19)21(33-22)12-7-8-13-29/h9-11,14-16,18,24,29H,7-8,12-13H2,1-6H3. The van der Waals surface area contributed by atoms with Crippen LogP contribution in [0.15, 0.2) is 34.7 Å². The second-order valence-electron chi connectivity index (χ2n) is 9.95. The molecule has 0 bridgehead atoms. The van der Waals surface area contributed by atoms with Crippen LogP contribution >= 0.6 is 0 Å². The van der Waals surface area contributed by atoms with Crippen molar-refractivity contribution >= 4 is 17.8 Å². The van der Waals surface area contributed by atoms with Crippen LogP contribution in [0.1, 0.15) is 69.3 Å². The van der Waals surface area contributed by atoms with Crippen molar-refractivity contribution in [2.75, 3.05) is 6.61 Å². The summed E-state index contributed by atoms with van der Waals surface area (Å²) < 4.78 is 11.4. The van der Waals surface area contributed by atoms with E-state index in [4.69, 9.17) is 14.3 Å². The number of Topliss-reactive ketones (excluding diaryl/α,β-unsaturated/α-hetero) is 1. The Morgan fingerprint density at radius 2 is 1.85 bits per heavy atom. The number of amides is 2.